The Morgan fingerprint density at radius 3 is 2.81 bits per heavy atom. The molecule has 0 aromatic heterocycles. The van der Waals surface area contributed by atoms with Crippen molar-refractivity contribution in [2.45, 2.75) is 17.7 Å². The summed E-state index contributed by atoms with van der Waals surface area (Å²) in [6, 6.07) is 0. The number of esters is 1. The molecule has 0 aliphatic heterocycles. The van der Waals surface area contributed by atoms with E-state index in [1.807, 2.05) is 7.05 Å². The van der Waals surface area contributed by atoms with Gasteiger partial charge in [0.25, 0.3) is 0 Å². The lowest BCUT2D eigenvalue weighted by Crippen LogP contribution is -2.33. The van der Waals surface area contributed by atoms with E-state index >= 15 is 0 Å². The maximum atomic E-state index is 11.1. The predicted molar refractivity (Wildman–Crippen MR) is 65.8 cm³/mol. The van der Waals surface area contributed by atoms with Gasteiger partial charge in [-0.25, -0.2) is 0 Å². The van der Waals surface area contributed by atoms with Crippen LogP contribution in [0.1, 0.15) is 12.8 Å². The Hall–Kier alpha value is -0.130. The van der Waals surface area contributed by atoms with Gasteiger partial charge in [0.05, 0.1) is 13.7 Å². The van der Waals surface area contributed by atoms with Gasteiger partial charge in [0.2, 0.25) is 0 Å². The normalized spacial score (nSPS) is 17.5. The van der Waals surface area contributed by atoms with Crippen LogP contribution in [0.3, 0.4) is 0 Å². The maximum Gasteiger partial charge on any atom is 0.320 e. The minimum absolute atomic E-state index is 0.231. The number of carbonyl (C=O) groups excluding carboxylic acids is 1. The van der Waals surface area contributed by atoms with Gasteiger partial charge in [-0.15, -0.1) is 0 Å². The van der Waals surface area contributed by atoms with Gasteiger partial charge in [0.15, 0.2) is 0 Å². The average Bonchev–Trinajstić information content (AvgIpc) is 3.07. The molecule has 1 aliphatic carbocycles. The number of nitrogens with zero attached hydrogens (tertiary/aromatic N) is 1. The summed E-state index contributed by atoms with van der Waals surface area (Å²) in [7, 11) is 3.37. The molecule has 94 valence electrons. The molecule has 1 fully saturated rings. The summed E-state index contributed by atoms with van der Waals surface area (Å²) in [4.78, 5) is 12.9. The molecule has 0 amide bonds. The van der Waals surface area contributed by atoms with Crippen molar-refractivity contribution in [3.05, 3.63) is 0 Å². The van der Waals surface area contributed by atoms with Crippen LogP contribution in [-0.2, 0) is 14.3 Å². The van der Waals surface area contributed by atoms with E-state index in [1.54, 1.807) is 0 Å². The first-order chi connectivity index (χ1) is 7.63. The van der Waals surface area contributed by atoms with Crippen molar-refractivity contribution >= 4 is 21.9 Å². The summed E-state index contributed by atoms with van der Waals surface area (Å²) >= 11 is 3.29. The Kier molecular flexibility index (Phi) is 6.31. The highest BCUT2D eigenvalue weighted by Crippen LogP contribution is 2.28. The van der Waals surface area contributed by atoms with Crippen LogP contribution < -0.4 is 0 Å². The van der Waals surface area contributed by atoms with Crippen LogP contribution in [0.25, 0.3) is 0 Å². The third kappa shape index (κ3) is 5.82. The molecular weight excluding hydrogens is 274 g/mol. The Labute approximate surface area is 105 Å². The molecule has 1 rings (SSSR count). The molecule has 0 aromatic carbocycles. The van der Waals surface area contributed by atoms with Crippen LogP contribution in [0.2, 0.25) is 0 Å². The molecule has 1 saturated carbocycles. The molecule has 0 bridgehead atoms. The fourth-order valence-corrected chi connectivity index (χ4v) is 2.00. The first-order valence-electron chi connectivity index (χ1n) is 5.61. The molecule has 0 spiro atoms. The largest absolute Gasteiger partial charge is 0.468 e. The first-order valence-corrected chi connectivity index (χ1v) is 6.53. The Morgan fingerprint density at radius 1 is 1.56 bits per heavy atom. The molecule has 5 heteroatoms. The molecule has 0 radical (unpaired) electrons. The van der Waals surface area contributed by atoms with Gasteiger partial charge in [0, 0.05) is 19.7 Å². The van der Waals surface area contributed by atoms with E-state index in [0.29, 0.717) is 6.54 Å². The summed E-state index contributed by atoms with van der Waals surface area (Å²) < 4.78 is 10.2. The van der Waals surface area contributed by atoms with Crippen molar-refractivity contribution in [1.82, 2.24) is 4.90 Å². The fourth-order valence-electron chi connectivity index (χ4n) is 1.32. The molecule has 0 aromatic rings. The molecule has 0 N–H and O–H groups in total. The van der Waals surface area contributed by atoms with Gasteiger partial charge in [-0.3, -0.25) is 4.79 Å². The zero-order valence-electron chi connectivity index (χ0n) is 9.95. The van der Waals surface area contributed by atoms with Crippen LogP contribution in [0.4, 0.5) is 0 Å². The zero-order valence-corrected chi connectivity index (χ0v) is 11.5. The van der Waals surface area contributed by atoms with E-state index in [0.717, 1.165) is 25.7 Å². The SMILES string of the molecule is COC(=O)C(Br)CN(C)CCOCC1CC1. The maximum absolute atomic E-state index is 11.1. The third-order valence-electron chi connectivity index (χ3n) is 2.60. The van der Waals surface area contributed by atoms with Gasteiger partial charge < -0.3 is 14.4 Å². The first kappa shape index (κ1) is 13.9. The minimum Gasteiger partial charge on any atom is -0.468 e. The number of hydrogen-bond donors (Lipinski definition) is 0. The number of halogens is 1. The molecule has 1 aliphatic rings. The van der Waals surface area contributed by atoms with Crippen molar-refractivity contribution in [3.63, 3.8) is 0 Å². The lowest BCUT2D eigenvalue weighted by Gasteiger charge is -2.18. The number of carbonyl (C=O) groups is 1. The van der Waals surface area contributed by atoms with E-state index in [2.05, 4.69) is 25.6 Å². The fraction of sp³-hybridized carbons (Fsp3) is 0.909. The van der Waals surface area contributed by atoms with Gasteiger partial charge in [-0.1, -0.05) is 15.9 Å². The highest BCUT2D eigenvalue weighted by molar-refractivity contribution is 9.10. The van der Waals surface area contributed by atoms with Crippen molar-refractivity contribution in [2.75, 3.05) is 40.5 Å². The second kappa shape index (κ2) is 7.25. The summed E-state index contributed by atoms with van der Waals surface area (Å²) in [6.07, 6.45) is 2.64. The second-order valence-electron chi connectivity index (χ2n) is 4.27. The van der Waals surface area contributed by atoms with Crippen LogP contribution in [0.5, 0.6) is 0 Å². The summed E-state index contributed by atoms with van der Waals surface area (Å²) in [6.45, 7) is 3.10. The third-order valence-corrected chi connectivity index (χ3v) is 3.26. The summed E-state index contributed by atoms with van der Waals surface area (Å²) in [5.41, 5.74) is 0. The smallest absolute Gasteiger partial charge is 0.320 e. The van der Waals surface area contributed by atoms with Gasteiger partial charge in [-0.05, 0) is 25.8 Å². The number of hydrogen-bond acceptors (Lipinski definition) is 4. The Morgan fingerprint density at radius 2 is 2.25 bits per heavy atom. The van der Waals surface area contributed by atoms with E-state index in [4.69, 9.17) is 4.74 Å². The topological polar surface area (TPSA) is 38.8 Å². The highest BCUT2D eigenvalue weighted by atomic mass is 79.9. The lowest BCUT2D eigenvalue weighted by atomic mass is 10.4. The monoisotopic (exact) mass is 293 g/mol. The standard InChI is InChI=1S/C11H20BrNO3/c1-13(7-10(12)11(14)15-2)5-6-16-8-9-3-4-9/h9-10H,3-8H2,1-2H3. The van der Waals surface area contributed by atoms with Crippen molar-refractivity contribution < 1.29 is 14.3 Å². The predicted octanol–water partition coefficient (Wildman–Crippen LogP) is 1.28. The molecule has 1 unspecified atom stereocenters. The Bertz CT molecular complexity index is 221. The summed E-state index contributed by atoms with van der Waals surface area (Å²) in [5, 5.41) is 0. The van der Waals surface area contributed by atoms with Crippen LogP contribution in [-0.4, -0.2) is 56.2 Å². The van der Waals surface area contributed by atoms with Gasteiger partial charge in [-0.2, -0.15) is 0 Å². The van der Waals surface area contributed by atoms with Crippen LogP contribution in [0, 0.1) is 5.92 Å². The number of alkyl halides is 1. The summed E-state index contributed by atoms with van der Waals surface area (Å²) in [5.74, 6) is 0.579. The number of likely N-dealkylation sites (N-methyl/N-ethyl adjacent to an activating group) is 1. The molecule has 4 nitrogen and oxygen atoms in total. The van der Waals surface area contributed by atoms with Crippen molar-refractivity contribution in [1.29, 1.82) is 0 Å². The number of rotatable bonds is 8. The van der Waals surface area contributed by atoms with Crippen LogP contribution in [0.15, 0.2) is 0 Å². The van der Waals surface area contributed by atoms with E-state index in [-0.39, 0.29) is 10.8 Å². The second-order valence-corrected chi connectivity index (χ2v) is 5.38. The van der Waals surface area contributed by atoms with Gasteiger partial charge >= 0.3 is 5.97 Å². The molecule has 16 heavy (non-hydrogen) atoms. The van der Waals surface area contributed by atoms with Gasteiger partial charge in [0.1, 0.15) is 4.83 Å². The average molecular weight is 294 g/mol. The Balaban J connectivity index is 1.99. The van der Waals surface area contributed by atoms with Crippen molar-refractivity contribution in [2.24, 2.45) is 5.92 Å². The van der Waals surface area contributed by atoms with Crippen LogP contribution >= 0.6 is 15.9 Å². The number of methoxy groups -OCH3 is 1. The molecular formula is C11H20BrNO3. The zero-order chi connectivity index (χ0) is 12.0. The molecule has 0 heterocycles. The number of ether oxygens (including phenoxy) is 2. The van der Waals surface area contributed by atoms with E-state index in [1.165, 1.54) is 20.0 Å². The lowest BCUT2D eigenvalue weighted by molar-refractivity contribution is -0.140. The highest BCUT2D eigenvalue weighted by Gasteiger charge is 2.21. The van der Waals surface area contributed by atoms with E-state index < -0.39 is 0 Å². The minimum atomic E-state index is -0.258. The molecule has 1 atom stereocenters. The van der Waals surface area contributed by atoms with Crippen molar-refractivity contribution in [3.8, 4) is 0 Å². The quantitative estimate of drug-likeness (QED) is 0.384. The molecule has 0 saturated heterocycles. The van der Waals surface area contributed by atoms with E-state index in [9.17, 15) is 4.79 Å².